The zero-order chi connectivity index (χ0) is 14.8. The largest absolute Gasteiger partial charge is 0.493 e. The van der Waals surface area contributed by atoms with Gasteiger partial charge < -0.3 is 9.84 Å². The molecule has 2 nitrogen and oxygen atoms in total. The molecule has 2 aromatic carbocycles. The lowest BCUT2D eigenvalue weighted by molar-refractivity contribution is 0.167. The van der Waals surface area contributed by atoms with Crippen LogP contribution in [0.3, 0.4) is 0 Å². The molecule has 0 bridgehead atoms. The van der Waals surface area contributed by atoms with E-state index in [4.69, 9.17) is 4.74 Å². The van der Waals surface area contributed by atoms with Crippen LogP contribution in [0.5, 0.6) is 5.75 Å². The second-order valence-corrected chi connectivity index (χ2v) is 6.12. The van der Waals surface area contributed by atoms with Crippen LogP contribution in [-0.4, -0.2) is 11.7 Å². The van der Waals surface area contributed by atoms with E-state index < -0.39 is 6.10 Å². The standard InChI is InChI=1S/C17H16BrFO2/c18-15-10-13(19)3-4-14(15)16(20)5-1-11-2-6-17-12(9-11)7-8-21-17/h2-4,6,9-10,16,20H,1,5,7-8H2. The molecule has 2 aromatic rings. The van der Waals surface area contributed by atoms with Crippen LogP contribution in [0, 0.1) is 5.82 Å². The number of aliphatic hydroxyl groups excluding tert-OH is 1. The molecule has 4 heteroatoms. The Morgan fingerprint density at radius 1 is 1.24 bits per heavy atom. The SMILES string of the molecule is OC(CCc1ccc2c(c1)CCO2)c1ccc(F)cc1Br. The Labute approximate surface area is 131 Å². The minimum Gasteiger partial charge on any atom is -0.493 e. The van der Waals surface area contributed by atoms with Crippen LogP contribution in [0.25, 0.3) is 0 Å². The first-order valence-electron chi connectivity index (χ1n) is 7.01. The van der Waals surface area contributed by atoms with E-state index in [2.05, 4.69) is 22.0 Å². The molecule has 0 saturated heterocycles. The Morgan fingerprint density at radius 2 is 2.10 bits per heavy atom. The minimum absolute atomic E-state index is 0.309. The highest BCUT2D eigenvalue weighted by molar-refractivity contribution is 9.10. The fourth-order valence-corrected chi connectivity index (χ4v) is 3.24. The number of halogens is 2. The maximum Gasteiger partial charge on any atom is 0.124 e. The molecule has 0 fully saturated rings. The van der Waals surface area contributed by atoms with Crippen LogP contribution in [0.2, 0.25) is 0 Å². The van der Waals surface area contributed by atoms with Crippen LogP contribution >= 0.6 is 15.9 Å². The van der Waals surface area contributed by atoms with E-state index in [0.717, 1.165) is 30.8 Å². The van der Waals surface area contributed by atoms with Crippen molar-refractivity contribution in [2.75, 3.05) is 6.61 Å². The van der Waals surface area contributed by atoms with Crippen molar-refractivity contribution >= 4 is 15.9 Å². The normalized spacial score (nSPS) is 14.6. The number of aliphatic hydroxyl groups is 1. The van der Waals surface area contributed by atoms with Crippen molar-refractivity contribution in [1.29, 1.82) is 0 Å². The topological polar surface area (TPSA) is 29.5 Å². The Morgan fingerprint density at radius 3 is 2.90 bits per heavy atom. The van der Waals surface area contributed by atoms with Gasteiger partial charge in [0.25, 0.3) is 0 Å². The summed E-state index contributed by atoms with van der Waals surface area (Å²) in [6, 6.07) is 10.6. The summed E-state index contributed by atoms with van der Waals surface area (Å²) in [5.74, 6) is 0.664. The number of fused-ring (bicyclic) bond motifs is 1. The molecular formula is C17H16BrFO2. The highest BCUT2D eigenvalue weighted by Crippen LogP contribution is 2.29. The van der Waals surface area contributed by atoms with Crippen LogP contribution in [0.15, 0.2) is 40.9 Å². The molecule has 0 radical (unpaired) electrons. The third kappa shape index (κ3) is 3.27. The zero-order valence-corrected chi connectivity index (χ0v) is 13.1. The third-order valence-electron chi connectivity index (χ3n) is 3.78. The second kappa shape index (κ2) is 6.16. The summed E-state index contributed by atoms with van der Waals surface area (Å²) in [6.07, 6.45) is 1.72. The number of ether oxygens (including phenoxy) is 1. The molecule has 1 atom stereocenters. The van der Waals surface area contributed by atoms with Crippen molar-refractivity contribution in [3.8, 4) is 5.75 Å². The number of hydrogen-bond donors (Lipinski definition) is 1. The molecule has 1 heterocycles. The van der Waals surface area contributed by atoms with Gasteiger partial charge in [-0.05, 0) is 47.7 Å². The number of rotatable bonds is 4. The van der Waals surface area contributed by atoms with Crippen molar-refractivity contribution in [3.63, 3.8) is 0 Å². The van der Waals surface area contributed by atoms with Crippen LogP contribution in [0.4, 0.5) is 4.39 Å². The van der Waals surface area contributed by atoms with Gasteiger partial charge in [-0.3, -0.25) is 0 Å². The smallest absolute Gasteiger partial charge is 0.124 e. The van der Waals surface area contributed by atoms with Crippen molar-refractivity contribution in [1.82, 2.24) is 0 Å². The van der Waals surface area contributed by atoms with Gasteiger partial charge in [0.05, 0.1) is 12.7 Å². The fraction of sp³-hybridized carbons (Fsp3) is 0.294. The van der Waals surface area contributed by atoms with Crippen molar-refractivity contribution in [2.45, 2.75) is 25.4 Å². The van der Waals surface area contributed by atoms with E-state index in [0.29, 0.717) is 10.9 Å². The maximum atomic E-state index is 13.1. The molecule has 0 saturated carbocycles. The Balaban J connectivity index is 1.67. The molecule has 0 amide bonds. The molecule has 110 valence electrons. The summed E-state index contributed by atoms with van der Waals surface area (Å²) in [5, 5.41) is 10.3. The summed E-state index contributed by atoms with van der Waals surface area (Å²) in [6.45, 7) is 0.754. The Bertz CT molecular complexity index is 657. The first kappa shape index (κ1) is 14.5. The van der Waals surface area contributed by atoms with Gasteiger partial charge in [0.1, 0.15) is 11.6 Å². The van der Waals surface area contributed by atoms with E-state index >= 15 is 0 Å². The van der Waals surface area contributed by atoms with E-state index in [1.807, 2.05) is 12.1 Å². The predicted molar refractivity (Wildman–Crippen MR) is 83.0 cm³/mol. The summed E-state index contributed by atoms with van der Waals surface area (Å²) in [5.41, 5.74) is 3.15. The third-order valence-corrected chi connectivity index (χ3v) is 4.47. The zero-order valence-electron chi connectivity index (χ0n) is 11.5. The second-order valence-electron chi connectivity index (χ2n) is 5.26. The molecule has 3 rings (SSSR count). The van der Waals surface area contributed by atoms with Gasteiger partial charge >= 0.3 is 0 Å². The molecule has 0 aromatic heterocycles. The van der Waals surface area contributed by atoms with Crippen LogP contribution in [0.1, 0.15) is 29.2 Å². The molecular weight excluding hydrogens is 335 g/mol. The van der Waals surface area contributed by atoms with E-state index in [1.165, 1.54) is 23.3 Å². The molecule has 0 aliphatic carbocycles. The highest BCUT2D eigenvalue weighted by Gasteiger charge is 2.14. The number of aryl methyl sites for hydroxylation is 1. The molecule has 1 aliphatic heterocycles. The molecule has 1 aliphatic rings. The Kier molecular flexibility index (Phi) is 4.27. The molecule has 1 N–H and O–H groups in total. The van der Waals surface area contributed by atoms with E-state index in [1.54, 1.807) is 6.07 Å². The lowest BCUT2D eigenvalue weighted by Gasteiger charge is -2.13. The van der Waals surface area contributed by atoms with Crippen molar-refractivity contribution in [3.05, 3.63) is 63.4 Å². The van der Waals surface area contributed by atoms with Gasteiger partial charge in [0.15, 0.2) is 0 Å². The van der Waals surface area contributed by atoms with Gasteiger partial charge in [-0.2, -0.15) is 0 Å². The van der Waals surface area contributed by atoms with Crippen LogP contribution < -0.4 is 4.74 Å². The van der Waals surface area contributed by atoms with Gasteiger partial charge in [-0.1, -0.05) is 34.1 Å². The first-order chi connectivity index (χ1) is 10.1. The summed E-state index contributed by atoms with van der Waals surface area (Å²) < 4.78 is 19.2. The van der Waals surface area contributed by atoms with Gasteiger partial charge in [-0.15, -0.1) is 0 Å². The number of benzene rings is 2. The van der Waals surface area contributed by atoms with E-state index in [9.17, 15) is 9.50 Å². The monoisotopic (exact) mass is 350 g/mol. The summed E-state index contributed by atoms with van der Waals surface area (Å²) in [4.78, 5) is 0. The first-order valence-corrected chi connectivity index (χ1v) is 7.80. The molecule has 21 heavy (non-hydrogen) atoms. The highest BCUT2D eigenvalue weighted by atomic mass is 79.9. The van der Waals surface area contributed by atoms with Gasteiger partial charge in [-0.25, -0.2) is 4.39 Å². The predicted octanol–water partition coefficient (Wildman–Crippen LogP) is 4.19. The maximum absolute atomic E-state index is 13.1. The van der Waals surface area contributed by atoms with Crippen molar-refractivity contribution < 1.29 is 14.2 Å². The van der Waals surface area contributed by atoms with Crippen molar-refractivity contribution in [2.24, 2.45) is 0 Å². The van der Waals surface area contributed by atoms with Gasteiger partial charge in [0, 0.05) is 10.9 Å². The minimum atomic E-state index is -0.607. The summed E-state index contributed by atoms with van der Waals surface area (Å²) in [7, 11) is 0. The molecule has 1 unspecified atom stereocenters. The average molecular weight is 351 g/mol. The summed E-state index contributed by atoms with van der Waals surface area (Å²) >= 11 is 3.30. The van der Waals surface area contributed by atoms with Gasteiger partial charge in [0.2, 0.25) is 0 Å². The number of hydrogen-bond acceptors (Lipinski definition) is 2. The van der Waals surface area contributed by atoms with E-state index in [-0.39, 0.29) is 5.82 Å². The molecule has 0 spiro atoms. The lowest BCUT2D eigenvalue weighted by Crippen LogP contribution is -2.01. The Hall–Kier alpha value is -1.39. The van der Waals surface area contributed by atoms with Crippen LogP contribution in [-0.2, 0) is 12.8 Å². The lowest BCUT2D eigenvalue weighted by atomic mass is 9.99. The quantitative estimate of drug-likeness (QED) is 0.895. The fourth-order valence-electron chi connectivity index (χ4n) is 2.63. The average Bonchev–Trinajstić information content (AvgIpc) is 2.92.